The van der Waals surface area contributed by atoms with Crippen LogP contribution in [0.5, 0.6) is 5.75 Å². The minimum absolute atomic E-state index is 0.154. The van der Waals surface area contributed by atoms with Crippen LogP contribution in [0.1, 0.15) is 57.4 Å². The molecule has 158 valence electrons. The van der Waals surface area contributed by atoms with Crippen molar-refractivity contribution in [2.75, 3.05) is 13.7 Å². The van der Waals surface area contributed by atoms with Crippen molar-refractivity contribution < 1.29 is 19.1 Å². The number of rotatable bonds is 8. The molecule has 0 radical (unpaired) electrons. The predicted octanol–water partition coefficient (Wildman–Crippen LogP) is 3.89. The summed E-state index contributed by atoms with van der Waals surface area (Å²) in [7, 11) is 1.63. The lowest BCUT2D eigenvalue weighted by Crippen LogP contribution is -2.56. The molecule has 0 aromatic heterocycles. The number of amides is 1. The molecule has 1 amide bonds. The van der Waals surface area contributed by atoms with Crippen LogP contribution in [0.3, 0.4) is 0 Å². The first kappa shape index (κ1) is 20.2. The standard InChI is InChI=1S/C24H33NO4/c1-16(24-12-18-9-19(13-24)11-20(10-18)14-24)25-22(26)15-29-23(27)8-5-17-3-6-21(28-2)7-4-17/h3-4,6-7,16,18-20H,5,8-15H2,1-2H3,(H,25,26). The lowest BCUT2D eigenvalue weighted by Gasteiger charge is -2.59. The van der Waals surface area contributed by atoms with Gasteiger partial charge in [-0.1, -0.05) is 12.1 Å². The molecule has 1 aromatic rings. The van der Waals surface area contributed by atoms with Crippen LogP contribution in [-0.2, 0) is 20.7 Å². The van der Waals surface area contributed by atoms with Crippen LogP contribution in [-0.4, -0.2) is 31.6 Å². The summed E-state index contributed by atoms with van der Waals surface area (Å²) in [5.41, 5.74) is 1.31. The SMILES string of the molecule is COc1ccc(CCC(=O)OCC(=O)NC(C)C23CC4CC(CC(C4)C2)C3)cc1. The van der Waals surface area contributed by atoms with Gasteiger partial charge in [0, 0.05) is 12.5 Å². The second-order valence-electron chi connectivity index (χ2n) is 9.58. The number of carbonyl (C=O) groups is 2. The molecule has 4 fully saturated rings. The van der Waals surface area contributed by atoms with Gasteiger partial charge in [0.15, 0.2) is 6.61 Å². The van der Waals surface area contributed by atoms with Gasteiger partial charge in [-0.2, -0.15) is 0 Å². The van der Waals surface area contributed by atoms with Gasteiger partial charge in [0.05, 0.1) is 7.11 Å². The van der Waals surface area contributed by atoms with Gasteiger partial charge in [-0.15, -0.1) is 0 Å². The summed E-state index contributed by atoms with van der Waals surface area (Å²) in [6.45, 7) is 1.97. The molecule has 29 heavy (non-hydrogen) atoms. The first-order valence-electron chi connectivity index (χ1n) is 11.0. The molecule has 5 rings (SSSR count). The normalized spacial score (nSPS) is 30.6. The minimum atomic E-state index is -0.335. The van der Waals surface area contributed by atoms with Gasteiger partial charge in [0.2, 0.25) is 0 Å². The quantitative estimate of drug-likeness (QED) is 0.674. The van der Waals surface area contributed by atoms with E-state index < -0.39 is 0 Å². The fourth-order valence-corrected chi connectivity index (χ4v) is 6.40. The smallest absolute Gasteiger partial charge is 0.306 e. The van der Waals surface area contributed by atoms with Gasteiger partial charge in [0.25, 0.3) is 5.91 Å². The van der Waals surface area contributed by atoms with E-state index in [1.807, 2.05) is 24.3 Å². The molecule has 4 saturated carbocycles. The van der Waals surface area contributed by atoms with Crippen molar-refractivity contribution in [2.45, 2.75) is 64.3 Å². The van der Waals surface area contributed by atoms with E-state index in [1.54, 1.807) is 7.11 Å². The number of hydrogen-bond donors (Lipinski definition) is 1. The molecule has 1 aromatic carbocycles. The highest BCUT2D eigenvalue weighted by Crippen LogP contribution is 2.61. The van der Waals surface area contributed by atoms with Gasteiger partial charge >= 0.3 is 5.97 Å². The Morgan fingerprint density at radius 1 is 1.07 bits per heavy atom. The Bertz CT molecular complexity index is 706. The van der Waals surface area contributed by atoms with E-state index in [9.17, 15) is 9.59 Å². The lowest BCUT2D eigenvalue weighted by molar-refractivity contribution is -0.149. The average molecular weight is 400 g/mol. The molecule has 4 aliphatic rings. The molecule has 0 saturated heterocycles. The van der Waals surface area contributed by atoms with Crippen LogP contribution in [0.25, 0.3) is 0 Å². The molecule has 1 unspecified atom stereocenters. The zero-order chi connectivity index (χ0) is 20.4. The van der Waals surface area contributed by atoms with Crippen molar-refractivity contribution in [3.63, 3.8) is 0 Å². The molecule has 5 heteroatoms. The maximum absolute atomic E-state index is 12.4. The number of methoxy groups -OCH3 is 1. The maximum atomic E-state index is 12.4. The average Bonchev–Trinajstić information content (AvgIpc) is 2.70. The number of ether oxygens (including phenoxy) is 2. The summed E-state index contributed by atoms with van der Waals surface area (Å²) >= 11 is 0. The second kappa shape index (κ2) is 8.37. The summed E-state index contributed by atoms with van der Waals surface area (Å²) in [4.78, 5) is 24.4. The van der Waals surface area contributed by atoms with Crippen LogP contribution in [0.15, 0.2) is 24.3 Å². The number of benzene rings is 1. The predicted molar refractivity (Wildman–Crippen MR) is 110 cm³/mol. The Morgan fingerprint density at radius 2 is 1.66 bits per heavy atom. The fourth-order valence-electron chi connectivity index (χ4n) is 6.40. The van der Waals surface area contributed by atoms with Crippen molar-refractivity contribution in [1.29, 1.82) is 0 Å². The lowest BCUT2D eigenvalue weighted by atomic mass is 9.48. The fraction of sp³-hybridized carbons (Fsp3) is 0.667. The molecule has 4 aliphatic carbocycles. The van der Waals surface area contributed by atoms with Crippen LogP contribution in [0.2, 0.25) is 0 Å². The van der Waals surface area contributed by atoms with Crippen LogP contribution < -0.4 is 10.1 Å². The highest BCUT2D eigenvalue weighted by molar-refractivity contribution is 5.80. The summed E-state index contributed by atoms with van der Waals surface area (Å²) in [6, 6.07) is 7.78. The van der Waals surface area contributed by atoms with Crippen LogP contribution >= 0.6 is 0 Å². The second-order valence-corrected chi connectivity index (χ2v) is 9.58. The van der Waals surface area contributed by atoms with E-state index in [4.69, 9.17) is 9.47 Å². The first-order valence-corrected chi connectivity index (χ1v) is 11.0. The summed E-state index contributed by atoms with van der Waals surface area (Å²) in [5, 5.41) is 3.15. The summed E-state index contributed by atoms with van der Waals surface area (Å²) < 4.78 is 10.3. The van der Waals surface area contributed by atoms with E-state index in [0.717, 1.165) is 29.1 Å². The molecule has 0 heterocycles. The third kappa shape index (κ3) is 4.59. The van der Waals surface area contributed by atoms with Crippen molar-refractivity contribution >= 4 is 11.9 Å². The molecule has 4 bridgehead atoms. The Balaban J connectivity index is 1.20. The van der Waals surface area contributed by atoms with Gasteiger partial charge in [-0.3, -0.25) is 9.59 Å². The third-order valence-corrected chi connectivity index (χ3v) is 7.52. The number of carbonyl (C=O) groups excluding carboxylic acids is 2. The number of hydrogen-bond acceptors (Lipinski definition) is 4. The Morgan fingerprint density at radius 3 is 2.21 bits per heavy atom. The minimum Gasteiger partial charge on any atom is -0.497 e. The Kier molecular flexibility index (Phi) is 5.84. The van der Waals surface area contributed by atoms with E-state index in [-0.39, 0.29) is 36.4 Å². The zero-order valence-electron chi connectivity index (χ0n) is 17.6. The largest absolute Gasteiger partial charge is 0.497 e. The Labute approximate surface area is 173 Å². The number of nitrogens with one attached hydrogen (secondary N) is 1. The van der Waals surface area contributed by atoms with E-state index in [0.29, 0.717) is 6.42 Å². The number of esters is 1. The number of aryl methyl sites for hydroxylation is 1. The third-order valence-electron chi connectivity index (χ3n) is 7.52. The zero-order valence-corrected chi connectivity index (χ0v) is 17.6. The van der Waals surface area contributed by atoms with Crippen LogP contribution in [0.4, 0.5) is 0 Å². The van der Waals surface area contributed by atoms with Crippen molar-refractivity contribution in [2.24, 2.45) is 23.2 Å². The molecule has 1 atom stereocenters. The van der Waals surface area contributed by atoms with Crippen LogP contribution in [0, 0.1) is 23.2 Å². The monoisotopic (exact) mass is 399 g/mol. The topological polar surface area (TPSA) is 64.6 Å². The van der Waals surface area contributed by atoms with E-state index in [2.05, 4.69) is 12.2 Å². The molecule has 0 aliphatic heterocycles. The highest BCUT2D eigenvalue weighted by atomic mass is 16.5. The van der Waals surface area contributed by atoms with Gasteiger partial charge < -0.3 is 14.8 Å². The van der Waals surface area contributed by atoms with Crippen molar-refractivity contribution in [1.82, 2.24) is 5.32 Å². The van der Waals surface area contributed by atoms with Gasteiger partial charge in [-0.05, 0) is 92.7 Å². The van der Waals surface area contributed by atoms with Gasteiger partial charge in [-0.25, -0.2) is 0 Å². The summed E-state index contributed by atoms with van der Waals surface area (Å²) in [6.07, 6.45) is 8.80. The molecular formula is C24H33NO4. The molecule has 5 nitrogen and oxygen atoms in total. The van der Waals surface area contributed by atoms with E-state index in [1.165, 1.54) is 38.5 Å². The molecular weight excluding hydrogens is 366 g/mol. The first-order chi connectivity index (χ1) is 14.0. The van der Waals surface area contributed by atoms with Crippen molar-refractivity contribution in [3.8, 4) is 5.75 Å². The van der Waals surface area contributed by atoms with Gasteiger partial charge in [0.1, 0.15) is 5.75 Å². The maximum Gasteiger partial charge on any atom is 0.306 e. The Hall–Kier alpha value is -2.04. The highest BCUT2D eigenvalue weighted by Gasteiger charge is 2.53. The van der Waals surface area contributed by atoms with Crippen molar-refractivity contribution in [3.05, 3.63) is 29.8 Å². The molecule has 1 N–H and O–H groups in total. The molecule has 0 spiro atoms. The van der Waals surface area contributed by atoms with E-state index >= 15 is 0 Å². The summed E-state index contributed by atoms with van der Waals surface area (Å²) in [5.74, 6) is 2.86.